The maximum Gasteiger partial charge on any atom is 0.454 e. The van der Waals surface area contributed by atoms with E-state index in [9.17, 15) is 26.7 Å². The molecular formula is C19H23F5N4OS. The third kappa shape index (κ3) is 5.93. The SMILES string of the molecule is CCCc1nn(-c2cccnc2)cc1N(CC)C(=O)CCSCC(F)(F)C(F)(F)F. The van der Waals surface area contributed by atoms with Crippen LogP contribution in [0.15, 0.2) is 30.7 Å². The van der Waals surface area contributed by atoms with Gasteiger partial charge in [-0.15, -0.1) is 0 Å². The first-order valence-corrected chi connectivity index (χ1v) is 10.6. The van der Waals surface area contributed by atoms with Crippen molar-refractivity contribution in [2.45, 2.75) is 45.2 Å². The first-order chi connectivity index (χ1) is 14.1. The first kappa shape index (κ1) is 24.1. The fourth-order valence-corrected chi connectivity index (χ4v) is 3.60. The van der Waals surface area contributed by atoms with Gasteiger partial charge in [0.2, 0.25) is 5.91 Å². The van der Waals surface area contributed by atoms with Crippen molar-refractivity contribution in [2.24, 2.45) is 0 Å². The van der Waals surface area contributed by atoms with E-state index in [4.69, 9.17) is 0 Å². The zero-order chi connectivity index (χ0) is 22.4. The summed E-state index contributed by atoms with van der Waals surface area (Å²) in [5.74, 6) is -6.68. The Bertz CT molecular complexity index is 826. The number of carbonyl (C=O) groups is 1. The fraction of sp³-hybridized carbons (Fsp3) is 0.526. The summed E-state index contributed by atoms with van der Waals surface area (Å²) in [6.07, 6.45) is 0.634. The van der Waals surface area contributed by atoms with Crippen LogP contribution < -0.4 is 4.90 Å². The third-order valence-corrected chi connectivity index (χ3v) is 5.29. The van der Waals surface area contributed by atoms with Crippen LogP contribution in [0.1, 0.15) is 32.4 Å². The molecular weight excluding hydrogens is 427 g/mol. The molecule has 0 aliphatic rings. The van der Waals surface area contributed by atoms with Crippen LogP contribution in [-0.4, -0.2) is 50.8 Å². The Balaban J connectivity index is 2.09. The molecule has 166 valence electrons. The summed E-state index contributed by atoms with van der Waals surface area (Å²) in [5.41, 5.74) is 2.01. The third-order valence-electron chi connectivity index (χ3n) is 4.23. The highest BCUT2D eigenvalue weighted by atomic mass is 32.2. The van der Waals surface area contributed by atoms with E-state index in [1.165, 1.54) is 4.90 Å². The van der Waals surface area contributed by atoms with E-state index in [2.05, 4.69) is 10.1 Å². The van der Waals surface area contributed by atoms with Gasteiger partial charge < -0.3 is 4.90 Å². The summed E-state index contributed by atoms with van der Waals surface area (Å²) in [7, 11) is 0. The van der Waals surface area contributed by atoms with Gasteiger partial charge in [-0.2, -0.15) is 38.8 Å². The average molecular weight is 450 g/mol. The smallest absolute Gasteiger partial charge is 0.310 e. The zero-order valence-corrected chi connectivity index (χ0v) is 17.4. The van der Waals surface area contributed by atoms with Crippen LogP contribution in [0.3, 0.4) is 0 Å². The minimum Gasteiger partial charge on any atom is -0.310 e. The Morgan fingerprint density at radius 3 is 2.53 bits per heavy atom. The number of aromatic nitrogens is 3. The lowest BCUT2D eigenvalue weighted by atomic mass is 10.2. The van der Waals surface area contributed by atoms with Gasteiger partial charge in [-0.25, -0.2) is 4.68 Å². The minimum atomic E-state index is -5.59. The molecule has 0 aromatic carbocycles. The molecule has 0 saturated carbocycles. The van der Waals surface area contributed by atoms with Gasteiger partial charge >= 0.3 is 12.1 Å². The summed E-state index contributed by atoms with van der Waals surface area (Å²) in [4.78, 5) is 18.2. The zero-order valence-electron chi connectivity index (χ0n) is 16.6. The summed E-state index contributed by atoms with van der Waals surface area (Å²) < 4.78 is 64.3. The molecule has 0 unspecified atom stereocenters. The van der Waals surface area contributed by atoms with Crippen LogP contribution in [-0.2, 0) is 11.2 Å². The molecule has 2 rings (SSSR count). The molecule has 0 saturated heterocycles. The molecule has 5 nitrogen and oxygen atoms in total. The van der Waals surface area contributed by atoms with Crippen LogP contribution in [0.25, 0.3) is 5.69 Å². The van der Waals surface area contributed by atoms with E-state index in [0.29, 0.717) is 36.1 Å². The highest BCUT2D eigenvalue weighted by molar-refractivity contribution is 7.99. The summed E-state index contributed by atoms with van der Waals surface area (Å²) in [6, 6.07) is 3.57. The van der Waals surface area contributed by atoms with Crippen molar-refractivity contribution in [3.05, 3.63) is 36.4 Å². The Kier molecular flexibility index (Phi) is 8.22. The molecule has 0 N–H and O–H groups in total. The molecule has 11 heteroatoms. The molecule has 0 aliphatic carbocycles. The van der Waals surface area contributed by atoms with Crippen LogP contribution in [0.5, 0.6) is 0 Å². The number of nitrogens with zero attached hydrogens (tertiary/aromatic N) is 4. The predicted octanol–water partition coefficient (Wildman–Crippen LogP) is 4.89. The van der Waals surface area contributed by atoms with E-state index in [1.54, 1.807) is 36.3 Å². The lowest BCUT2D eigenvalue weighted by Gasteiger charge is -2.21. The quantitative estimate of drug-likeness (QED) is 0.382. The number of aryl methyl sites for hydroxylation is 1. The largest absolute Gasteiger partial charge is 0.454 e. The van der Waals surface area contributed by atoms with Crippen molar-refractivity contribution >= 4 is 23.4 Å². The standard InChI is InChI=1S/C19H23F5N4OS/c1-3-6-15-16(12-28(26-15)14-7-5-9-25-11-14)27(4-2)17(29)8-10-30-13-18(20,21)19(22,23)24/h5,7,9,11-12H,3-4,6,8,10,13H2,1-2H3. The number of anilines is 1. The second-order valence-electron chi connectivity index (χ2n) is 6.51. The van der Waals surface area contributed by atoms with E-state index < -0.39 is 17.9 Å². The average Bonchev–Trinajstić information content (AvgIpc) is 3.10. The number of pyridine rings is 1. The van der Waals surface area contributed by atoms with Crippen molar-refractivity contribution in [1.82, 2.24) is 14.8 Å². The number of hydrogen-bond acceptors (Lipinski definition) is 4. The maximum absolute atomic E-state index is 13.0. The van der Waals surface area contributed by atoms with Gasteiger partial charge in [-0.1, -0.05) is 13.3 Å². The Morgan fingerprint density at radius 2 is 1.97 bits per heavy atom. The number of hydrogen-bond donors (Lipinski definition) is 0. The van der Waals surface area contributed by atoms with E-state index >= 15 is 0 Å². The number of halogens is 5. The lowest BCUT2D eigenvalue weighted by Crippen LogP contribution is -2.39. The molecule has 0 bridgehead atoms. The highest BCUT2D eigenvalue weighted by Gasteiger charge is 2.56. The number of thioether (sulfide) groups is 1. The van der Waals surface area contributed by atoms with E-state index in [1.807, 2.05) is 13.0 Å². The van der Waals surface area contributed by atoms with Crippen molar-refractivity contribution in [3.8, 4) is 5.69 Å². The van der Waals surface area contributed by atoms with Gasteiger partial charge in [0.05, 0.1) is 35.2 Å². The van der Waals surface area contributed by atoms with Crippen LogP contribution in [0.4, 0.5) is 27.6 Å². The molecule has 0 radical (unpaired) electrons. The summed E-state index contributed by atoms with van der Waals surface area (Å²) in [5, 5.41) is 4.53. The summed E-state index contributed by atoms with van der Waals surface area (Å²) >= 11 is 0.408. The number of alkyl halides is 5. The molecule has 1 amide bonds. The first-order valence-electron chi connectivity index (χ1n) is 9.42. The van der Waals surface area contributed by atoms with Gasteiger partial charge in [0.25, 0.3) is 0 Å². The lowest BCUT2D eigenvalue weighted by molar-refractivity contribution is -0.271. The van der Waals surface area contributed by atoms with Crippen molar-refractivity contribution < 1.29 is 26.7 Å². The molecule has 2 aromatic heterocycles. The number of rotatable bonds is 10. The molecule has 2 aromatic rings. The van der Waals surface area contributed by atoms with Crippen LogP contribution in [0.2, 0.25) is 0 Å². The van der Waals surface area contributed by atoms with Crippen LogP contribution in [0, 0.1) is 0 Å². The van der Waals surface area contributed by atoms with Gasteiger partial charge in [0, 0.05) is 24.9 Å². The Hall–Kier alpha value is -2.17. The van der Waals surface area contributed by atoms with Crippen molar-refractivity contribution in [3.63, 3.8) is 0 Å². The van der Waals surface area contributed by atoms with Gasteiger partial charge in [-0.3, -0.25) is 9.78 Å². The van der Waals surface area contributed by atoms with Gasteiger partial charge in [0.15, 0.2) is 0 Å². The van der Waals surface area contributed by atoms with Gasteiger partial charge in [0.1, 0.15) is 0 Å². The number of carbonyl (C=O) groups excluding carboxylic acids is 1. The normalized spacial score (nSPS) is 12.2. The minimum absolute atomic E-state index is 0.138. The number of amides is 1. The second kappa shape index (κ2) is 10.2. The van der Waals surface area contributed by atoms with Crippen molar-refractivity contribution in [2.75, 3.05) is 23.0 Å². The Labute approximate surface area is 175 Å². The Morgan fingerprint density at radius 1 is 1.23 bits per heavy atom. The van der Waals surface area contributed by atoms with E-state index in [-0.39, 0.29) is 18.1 Å². The van der Waals surface area contributed by atoms with E-state index in [0.717, 1.165) is 12.1 Å². The molecule has 0 spiro atoms. The molecule has 0 aliphatic heterocycles. The predicted molar refractivity (Wildman–Crippen MR) is 106 cm³/mol. The monoisotopic (exact) mass is 450 g/mol. The molecule has 0 atom stereocenters. The molecule has 0 fully saturated rings. The second-order valence-corrected chi connectivity index (χ2v) is 7.61. The topological polar surface area (TPSA) is 51.0 Å². The highest BCUT2D eigenvalue weighted by Crippen LogP contribution is 2.38. The summed E-state index contributed by atoms with van der Waals surface area (Å²) in [6.45, 7) is 4.06. The maximum atomic E-state index is 13.0. The van der Waals surface area contributed by atoms with Gasteiger partial charge in [-0.05, 0) is 25.5 Å². The fourth-order valence-electron chi connectivity index (χ4n) is 2.72. The van der Waals surface area contributed by atoms with Crippen LogP contribution >= 0.6 is 11.8 Å². The molecule has 2 heterocycles. The molecule has 30 heavy (non-hydrogen) atoms. The van der Waals surface area contributed by atoms with Crippen molar-refractivity contribution in [1.29, 1.82) is 0 Å².